The van der Waals surface area contributed by atoms with Crippen LogP contribution in [0, 0.1) is 12.7 Å². The Kier molecular flexibility index (Phi) is 4.09. The molecule has 1 aliphatic heterocycles. The van der Waals surface area contributed by atoms with Gasteiger partial charge in [0.2, 0.25) is 0 Å². The van der Waals surface area contributed by atoms with E-state index >= 15 is 0 Å². The first kappa shape index (κ1) is 16.0. The van der Waals surface area contributed by atoms with Crippen LogP contribution in [0.4, 0.5) is 10.2 Å². The van der Waals surface area contributed by atoms with E-state index in [4.69, 9.17) is 4.74 Å². The summed E-state index contributed by atoms with van der Waals surface area (Å²) < 4.78 is 18.8. The van der Waals surface area contributed by atoms with Gasteiger partial charge < -0.3 is 14.6 Å². The molecule has 1 aromatic carbocycles. The number of aromatic amines is 1. The summed E-state index contributed by atoms with van der Waals surface area (Å²) in [6, 6.07) is 6.58. The van der Waals surface area contributed by atoms with Crippen molar-refractivity contribution in [1.82, 2.24) is 19.9 Å². The number of benzene rings is 1. The van der Waals surface area contributed by atoms with Crippen molar-refractivity contribution in [2.45, 2.75) is 25.8 Å². The molecule has 0 unspecified atom stereocenters. The number of hydrogen-bond donors (Lipinski definition) is 1. The van der Waals surface area contributed by atoms with E-state index in [9.17, 15) is 4.39 Å². The first-order chi connectivity index (χ1) is 12.1. The molecule has 2 aromatic heterocycles. The van der Waals surface area contributed by atoms with Crippen molar-refractivity contribution < 1.29 is 9.13 Å². The Morgan fingerprint density at radius 1 is 1.28 bits per heavy atom. The lowest BCUT2D eigenvalue weighted by atomic mass is 10.0. The first-order valence-corrected chi connectivity index (χ1v) is 8.37. The molecule has 6 nitrogen and oxygen atoms in total. The van der Waals surface area contributed by atoms with Crippen LogP contribution in [-0.2, 0) is 11.3 Å². The molecule has 1 fully saturated rings. The van der Waals surface area contributed by atoms with E-state index in [-0.39, 0.29) is 5.82 Å². The molecular weight excluding hydrogens is 321 g/mol. The van der Waals surface area contributed by atoms with Gasteiger partial charge in [0.05, 0.1) is 29.9 Å². The van der Waals surface area contributed by atoms with Gasteiger partial charge in [0.1, 0.15) is 23.3 Å². The lowest BCUT2D eigenvalue weighted by Gasteiger charge is -2.19. The molecule has 0 saturated carbocycles. The molecule has 3 aromatic rings. The number of ether oxygens (including phenoxy) is 1. The third-order valence-corrected chi connectivity index (χ3v) is 4.46. The van der Waals surface area contributed by atoms with Crippen LogP contribution in [0.1, 0.15) is 29.7 Å². The number of H-pyrrole nitrogens is 1. The molecule has 1 atom stereocenters. The van der Waals surface area contributed by atoms with Crippen molar-refractivity contribution in [3.05, 3.63) is 47.4 Å². The van der Waals surface area contributed by atoms with Gasteiger partial charge in [-0.1, -0.05) is 0 Å². The Morgan fingerprint density at radius 2 is 2.16 bits per heavy atom. The molecule has 25 heavy (non-hydrogen) atoms. The van der Waals surface area contributed by atoms with Gasteiger partial charge >= 0.3 is 0 Å². The molecule has 3 heterocycles. The highest BCUT2D eigenvalue weighted by molar-refractivity contribution is 5.75. The zero-order valence-corrected chi connectivity index (χ0v) is 14.3. The monoisotopic (exact) mass is 341 g/mol. The smallest absolute Gasteiger partial charge is 0.132 e. The Hall–Kier alpha value is -2.54. The standard InChI is InChI=1S/C18H20FN5O/c1-11-20-15(12-5-6-25-10-12)8-18(21-11)24(2)9-17-22-14-4-3-13(19)7-16(14)23-17/h3-4,7-8,12H,5-6,9-10H2,1-2H3,(H,22,23)/t12-/m1/s1. The summed E-state index contributed by atoms with van der Waals surface area (Å²) in [6.07, 6.45) is 0.995. The zero-order chi connectivity index (χ0) is 17.4. The van der Waals surface area contributed by atoms with E-state index in [1.165, 1.54) is 12.1 Å². The first-order valence-electron chi connectivity index (χ1n) is 8.37. The van der Waals surface area contributed by atoms with Crippen molar-refractivity contribution in [2.24, 2.45) is 0 Å². The second kappa shape index (κ2) is 6.40. The Labute approximate surface area is 145 Å². The van der Waals surface area contributed by atoms with Crippen LogP contribution in [0.2, 0.25) is 0 Å². The average molecular weight is 341 g/mol. The van der Waals surface area contributed by atoms with Gasteiger partial charge in [0.25, 0.3) is 0 Å². The maximum atomic E-state index is 13.3. The van der Waals surface area contributed by atoms with Crippen molar-refractivity contribution in [2.75, 3.05) is 25.2 Å². The summed E-state index contributed by atoms with van der Waals surface area (Å²) in [5, 5.41) is 0. The highest BCUT2D eigenvalue weighted by Gasteiger charge is 2.21. The molecule has 1 aliphatic rings. The minimum atomic E-state index is -0.272. The maximum absolute atomic E-state index is 13.3. The number of fused-ring (bicyclic) bond motifs is 1. The minimum absolute atomic E-state index is 0.272. The normalized spacial score (nSPS) is 17.3. The number of halogens is 1. The van der Waals surface area contributed by atoms with Crippen LogP contribution < -0.4 is 4.90 Å². The van der Waals surface area contributed by atoms with E-state index in [0.717, 1.165) is 48.3 Å². The summed E-state index contributed by atoms with van der Waals surface area (Å²) in [4.78, 5) is 18.8. The highest BCUT2D eigenvalue weighted by Crippen LogP contribution is 2.26. The fourth-order valence-electron chi connectivity index (χ4n) is 3.16. The van der Waals surface area contributed by atoms with Gasteiger partial charge in [-0.2, -0.15) is 0 Å². The second-order valence-electron chi connectivity index (χ2n) is 6.46. The molecule has 0 bridgehead atoms. The van der Waals surface area contributed by atoms with Gasteiger partial charge in [0, 0.05) is 25.6 Å². The van der Waals surface area contributed by atoms with Crippen LogP contribution >= 0.6 is 0 Å². The predicted molar refractivity (Wildman–Crippen MR) is 93.1 cm³/mol. The van der Waals surface area contributed by atoms with Gasteiger partial charge in [0.15, 0.2) is 0 Å². The van der Waals surface area contributed by atoms with Crippen molar-refractivity contribution in [3.8, 4) is 0 Å². The Balaban J connectivity index is 1.58. The molecule has 0 spiro atoms. The van der Waals surface area contributed by atoms with E-state index in [1.807, 2.05) is 24.9 Å². The SMILES string of the molecule is Cc1nc([C@@H]2CCOC2)cc(N(C)Cc2nc3ccc(F)cc3[nH]2)n1. The molecular formula is C18H20FN5O. The van der Waals surface area contributed by atoms with Crippen LogP contribution in [0.15, 0.2) is 24.3 Å². The van der Waals surface area contributed by atoms with E-state index in [0.29, 0.717) is 18.0 Å². The number of aromatic nitrogens is 4. The Bertz CT molecular complexity index is 904. The van der Waals surface area contributed by atoms with Gasteiger partial charge in [-0.25, -0.2) is 19.3 Å². The third-order valence-electron chi connectivity index (χ3n) is 4.46. The third kappa shape index (κ3) is 3.32. The van der Waals surface area contributed by atoms with Gasteiger partial charge in [-0.05, 0) is 31.5 Å². The molecule has 0 aliphatic carbocycles. The predicted octanol–water partition coefficient (Wildman–Crippen LogP) is 2.94. The van der Waals surface area contributed by atoms with E-state index in [2.05, 4.69) is 19.9 Å². The number of hydrogen-bond acceptors (Lipinski definition) is 5. The number of anilines is 1. The number of nitrogens with zero attached hydrogens (tertiary/aromatic N) is 4. The van der Waals surface area contributed by atoms with Crippen molar-refractivity contribution >= 4 is 16.9 Å². The second-order valence-corrected chi connectivity index (χ2v) is 6.46. The molecule has 130 valence electrons. The Morgan fingerprint density at radius 3 is 2.96 bits per heavy atom. The van der Waals surface area contributed by atoms with Crippen LogP contribution in [0.25, 0.3) is 11.0 Å². The zero-order valence-electron chi connectivity index (χ0n) is 14.3. The minimum Gasteiger partial charge on any atom is -0.381 e. The summed E-state index contributed by atoms with van der Waals surface area (Å²) in [5.74, 6) is 2.43. The molecule has 1 saturated heterocycles. The lowest BCUT2D eigenvalue weighted by Crippen LogP contribution is -2.20. The molecule has 7 heteroatoms. The number of nitrogens with one attached hydrogen (secondary N) is 1. The number of rotatable bonds is 4. The van der Waals surface area contributed by atoms with Gasteiger partial charge in [-0.15, -0.1) is 0 Å². The van der Waals surface area contributed by atoms with Crippen LogP contribution in [0.5, 0.6) is 0 Å². The lowest BCUT2D eigenvalue weighted by molar-refractivity contribution is 0.193. The van der Waals surface area contributed by atoms with E-state index in [1.54, 1.807) is 6.07 Å². The quantitative estimate of drug-likeness (QED) is 0.790. The van der Waals surface area contributed by atoms with E-state index < -0.39 is 0 Å². The molecule has 0 amide bonds. The summed E-state index contributed by atoms with van der Waals surface area (Å²) in [6.45, 7) is 3.96. The fraction of sp³-hybridized carbons (Fsp3) is 0.389. The van der Waals surface area contributed by atoms with Crippen LogP contribution in [0.3, 0.4) is 0 Å². The maximum Gasteiger partial charge on any atom is 0.132 e. The number of imidazole rings is 1. The summed E-state index contributed by atoms with van der Waals surface area (Å²) in [5.41, 5.74) is 2.48. The van der Waals surface area contributed by atoms with Gasteiger partial charge in [-0.3, -0.25) is 0 Å². The van der Waals surface area contributed by atoms with Crippen molar-refractivity contribution in [1.29, 1.82) is 0 Å². The topological polar surface area (TPSA) is 66.9 Å². The van der Waals surface area contributed by atoms with Crippen molar-refractivity contribution in [3.63, 3.8) is 0 Å². The fourth-order valence-corrected chi connectivity index (χ4v) is 3.16. The summed E-state index contributed by atoms with van der Waals surface area (Å²) >= 11 is 0. The molecule has 4 rings (SSSR count). The average Bonchev–Trinajstić information content (AvgIpc) is 3.23. The van der Waals surface area contributed by atoms with Crippen LogP contribution in [-0.4, -0.2) is 40.2 Å². The number of aryl methyl sites for hydroxylation is 1. The summed E-state index contributed by atoms with van der Waals surface area (Å²) in [7, 11) is 1.96. The largest absolute Gasteiger partial charge is 0.381 e. The molecule has 0 radical (unpaired) electrons. The highest BCUT2D eigenvalue weighted by atomic mass is 19.1. The molecule has 1 N–H and O–H groups in total.